The molecule has 0 atom stereocenters. The van der Waals surface area contributed by atoms with E-state index in [0.29, 0.717) is 34.1 Å². The topological polar surface area (TPSA) is 48.7 Å². The van der Waals surface area contributed by atoms with Gasteiger partial charge in [0.15, 0.2) is 11.5 Å². The lowest BCUT2D eigenvalue weighted by Gasteiger charge is -2.12. The summed E-state index contributed by atoms with van der Waals surface area (Å²) in [5.41, 5.74) is 0.879. The molecule has 1 aromatic carbocycles. The van der Waals surface area contributed by atoms with E-state index in [-0.39, 0.29) is 10.8 Å². The van der Waals surface area contributed by atoms with Crippen molar-refractivity contribution in [2.24, 2.45) is 0 Å². The summed E-state index contributed by atoms with van der Waals surface area (Å²) in [6.07, 6.45) is 0. The summed E-state index contributed by atoms with van der Waals surface area (Å²) < 4.78 is 15.7. The lowest BCUT2D eigenvalue weighted by Crippen LogP contribution is -2.05. The molecule has 0 aliphatic carbocycles. The molecule has 0 saturated carbocycles. The van der Waals surface area contributed by atoms with Gasteiger partial charge >= 0.3 is 0 Å². The van der Waals surface area contributed by atoms with Gasteiger partial charge in [0.2, 0.25) is 0 Å². The predicted molar refractivity (Wildman–Crippen MR) is 76.2 cm³/mol. The molecular weight excluding hydrogens is 280 g/mol. The van der Waals surface area contributed by atoms with Crippen LogP contribution in [0.5, 0.6) is 11.5 Å². The van der Waals surface area contributed by atoms with Crippen LogP contribution in [0.3, 0.4) is 0 Å². The van der Waals surface area contributed by atoms with E-state index in [4.69, 9.17) is 25.5 Å². The van der Waals surface area contributed by atoms with Gasteiger partial charge in [-0.1, -0.05) is 11.6 Å². The first kappa shape index (κ1) is 14.5. The summed E-state index contributed by atoms with van der Waals surface area (Å²) in [6, 6.07) is 4.98. The molecule has 0 saturated heterocycles. The van der Waals surface area contributed by atoms with Gasteiger partial charge in [-0.25, -0.2) is 0 Å². The first-order chi connectivity index (χ1) is 9.49. The zero-order chi connectivity index (χ0) is 14.9. The fraction of sp³-hybridized carbons (Fsp3) is 0.267. The highest BCUT2D eigenvalue weighted by Crippen LogP contribution is 2.38. The zero-order valence-corrected chi connectivity index (χ0v) is 12.5. The van der Waals surface area contributed by atoms with Crippen LogP contribution in [0.15, 0.2) is 22.6 Å². The van der Waals surface area contributed by atoms with E-state index in [1.54, 1.807) is 32.0 Å². The van der Waals surface area contributed by atoms with Crippen LogP contribution in [0.1, 0.15) is 27.4 Å². The number of halogens is 1. The first-order valence-corrected chi connectivity index (χ1v) is 6.39. The van der Waals surface area contributed by atoms with Crippen molar-refractivity contribution >= 4 is 17.4 Å². The molecule has 2 rings (SSSR count). The standard InChI is InChI=1S/C15H15ClO4/c1-8-7-11(9(2)20-8)14(17)10-5-6-12(18-3)13(16)15(10)19-4/h5-7H,1-4H3. The van der Waals surface area contributed by atoms with Crippen LogP contribution in [0.4, 0.5) is 0 Å². The molecule has 20 heavy (non-hydrogen) atoms. The van der Waals surface area contributed by atoms with E-state index >= 15 is 0 Å². The number of furan rings is 1. The second-order valence-electron chi connectivity index (χ2n) is 4.32. The molecule has 0 fully saturated rings. The number of ether oxygens (including phenoxy) is 2. The van der Waals surface area contributed by atoms with Gasteiger partial charge in [-0.3, -0.25) is 4.79 Å². The van der Waals surface area contributed by atoms with Crippen molar-refractivity contribution in [3.8, 4) is 11.5 Å². The Morgan fingerprint density at radius 2 is 1.85 bits per heavy atom. The predicted octanol–water partition coefficient (Wildman–Crippen LogP) is 3.80. The van der Waals surface area contributed by atoms with E-state index in [2.05, 4.69) is 0 Å². The molecule has 4 nitrogen and oxygen atoms in total. The Kier molecular flexibility index (Phi) is 4.04. The van der Waals surface area contributed by atoms with E-state index in [0.717, 1.165) is 0 Å². The average Bonchev–Trinajstić information content (AvgIpc) is 2.76. The molecule has 106 valence electrons. The number of methoxy groups -OCH3 is 2. The Bertz CT molecular complexity index is 658. The number of rotatable bonds is 4. The molecule has 1 aromatic heterocycles. The number of hydrogen-bond donors (Lipinski definition) is 0. The highest BCUT2D eigenvalue weighted by molar-refractivity contribution is 6.34. The van der Waals surface area contributed by atoms with Gasteiger partial charge < -0.3 is 13.9 Å². The molecule has 0 spiro atoms. The molecule has 0 bridgehead atoms. The highest BCUT2D eigenvalue weighted by Gasteiger charge is 2.22. The summed E-state index contributed by atoms with van der Waals surface area (Å²) in [5.74, 6) is 1.82. The summed E-state index contributed by atoms with van der Waals surface area (Å²) in [5, 5.41) is 0.277. The van der Waals surface area contributed by atoms with Crippen LogP contribution < -0.4 is 9.47 Å². The van der Waals surface area contributed by atoms with Gasteiger partial charge in [-0.15, -0.1) is 0 Å². The number of aryl methyl sites for hydroxylation is 2. The van der Waals surface area contributed by atoms with Crippen molar-refractivity contribution in [3.05, 3.63) is 45.9 Å². The first-order valence-electron chi connectivity index (χ1n) is 6.01. The van der Waals surface area contributed by atoms with Crippen LogP contribution >= 0.6 is 11.6 Å². The largest absolute Gasteiger partial charge is 0.495 e. The van der Waals surface area contributed by atoms with E-state index in [1.165, 1.54) is 14.2 Å². The lowest BCUT2D eigenvalue weighted by molar-refractivity contribution is 0.103. The van der Waals surface area contributed by atoms with E-state index in [1.807, 2.05) is 0 Å². The number of hydrogen-bond acceptors (Lipinski definition) is 4. The van der Waals surface area contributed by atoms with Crippen LogP contribution in [0.25, 0.3) is 0 Å². The Balaban J connectivity index is 2.55. The molecule has 0 aliphatic rings. The molecule has 0 unspecified atom stereocenters. The third-order valence-corrected chi connectivity index (χ3v) is 3.37. The second-order valence-corrected chi connectivity index (χ2v) is 4.70. The zero-order valence-electron chi connectivity index (χ0n) is 11.7. The molecule has 0 amide bonds. The molecule has 1 heterocycles. The van der Waals surface area contributed by atoms with Crippen LogP contribution in [0, 0.1) is 13.8 Å². The van der Waals surface area contributed by atoms with Crippen molar-refractivity contribution in [2.75, 3.05) is 14.2 Å². The van der Waals surface area contributed by atoms with Crippen molar-refractivity contribution < 1.29 is 18.7 Å². The quantitative estimate of drug-likeness (QED) is 0.805. The SMILES string of the molecule is COc1ccc(C(=O)c2cc(C)oc2C)c(OC)c1Cl. The Morgan fingerprint density at radius 3 is 2.35 bits per heavy atom. The maximum absolute atomic E-state index is 12.6. The summed E-state index contributed by atoms with van der Waals surface area (Å²) >= 11 is 6.17. The number of ketones is 1. The van der Waals surface area contributed by atoms with Gasteiger partial charge in [0.25, 0.3) is 0 Å². The van der Waals surface area contributed by atoms with E-state index in [9.17, 15) is 4.79 Å². The minimum Gasteiger partial charge on any atom is -0.495 e. The molecule has 5 heteroatoms. The molecule has 2 aromatic rings. The fourth-order valence-corrected chi connectivity index (χ4v) is 2.39. The minimum absolute atomic E-state index is 0.194. The smallest absolute Gasteiger partial charge is 0.200 e. The third kappa shape index (κ3) is 2.39. The van der Waals surface area contributed by atoms with Gasteiger partial charge in [-0.2, -0.15) is 0 Å². The van der Waals surface area contributed by atoms with Crippen LogP contribution in [-0.2, 0) is 0 Å². The third-order valence-electron chi connectivity index (χ3n) is 3.02. The summed E-state index contributed by atoms with van der Waals surface area (Å²) in [7, 11) is 2.97. The van der Waals surface area contributed by atoms with Gasteiger partial charge in [0, 0.05) is 0 Å². The van der Waals surface area contributed by atoms with E-state index < -0.39 is 0 Å². The van der Waals surface area contributed by atoms with Crippen LogP contribution in [0.2, 0.25) is 5.02 Å². The summed E-state index contributed by atoms with van der Waals surface area (Å²) in [6.45, 7) is 3.54. The van der Waals surface area contributed by atoms with Crippen molar-refractivity contribution in [1.82, 2.24) is 0 Å². The van der Waals surface area contributed by atoms with Gasteiger partial charge in [0.1, 0.15) is 22.3 Å². The highest BCUT2D eigenvalue weighted by atomic mass is 35.5. The number of benzene rings is 1. The number of carbonyl (C=O) groups is 1. The fourth-order valence-electron chi connectivity index (χ4n) is 2.08. The Morgan fingerprint density at radius 1 is 1.15 bits per heavy atom. The Labute approximate surface area is 122 Å². The maximum atomic E-state index is 12.6. The normalized spacial score (nSPS) is 10.4. The lowest BCUT2D eigenvalue weighted by atomic mass is 10.0. The molecule has 0 aliphatic heterocycles. The van der Waals surface area contributed by atoms with Crippen LogP contribution in [-0.4, -0.2) is 20.0 Å². The summed E-state index contributed by atoms with van der Waals surface area (Å²) in [4.78, 5) is 12.6. The van der Waals surface area contributed by atoms with Crippen molar-refractivity contribution in [3.63, 3.8) is 0 Å². The average molecular weight is 295 g/mol. The minimum atomic E-state index is -0.194. The van der Waals surface area contributed by atoms with Crippen molar-refractivity contribution in [2.45, 2.75) is 13.8 Å². The number of carbonyl (C=O) groups excluding carboxylic acids is 1. The van der Waals surface area contributed by atoms with Gasteiger partial charge in [-0.05, 0) is 32.0 Å². The Hall–Kier alpha value is -1.94. The van der Waals surface area contributed by atoms with Gasteiger partial charge in [0.05, 0.1) is 25.3 Å². The van der Waals surface area contributed by atoms with Crippen molar-refractivity contribution in [1.29, 1.82) is 0 Å². The molecular formula is C15H15ClO4. The monoisotopic (exact) mass is 294 g/mol. The second kappa shape index (κ2) is 5.59. The maximum Gasteiger partial charge on any atom is 0.200 e. The molecule has 0 N–H and O–H groups in total. The molecule has 0 radical (unpaired) electrons.